The minimum Gasteiger partial charge on any atom is -0.467 e. The molecule has 0 unspecified atom stereocenters. The maximum atomic E-state index is 12.7. The Hall–Kier alpha value is -3.93. The molecule has 158 valence electrons. The van der Waals surface area contributed by atoms with Gasteiger partial charge in [-0.3, -0.25) is 9.59 Å². The van der Waals surface area contributed by atoms with Gasteiger partial charge in [0.2, 0.25) is 5.91 Å². The zero-order valence-corrected chi connectivity index (χ0v) is 17.2. The zero-order chi connectivity index (χ0) is 22.1. The second-order valence-electron chi connectivity index (χ2n) is 6.92. The molecular formula is C25H24N2O4. The molecule has 0 saturated carbocycles. The van der Waals surface area contributed by atoms with Crippen LogP contribution in [-0.4, -0.2) is 37.5 Å². The Morgan fingerprint density at radius 1 is 0.774 bits per heavy atom. The summed E-state index contributed by atoms with van der Waals surface area (Å²) >= 11 is 0. The number of ether oxygens (including phenoxy) is 1. The van der Waals surface area contributed by atoms with E-state index in [1.807, 2.05) is 60.7 Å². The van der Waals surface area contributed by atoms with Crippen molar-refractivity contribution < 1.29 is 19.1 Å². The summed E-state index contributed by atoms with van der Waals surface area (Å²) in [5.41, 5.74) is 2.17. The molecule has 6 nitrogen and oxygen atoms in total. The van der Waals surface area contributed by atoms with E-state index in [1.165, 1.54) is 7.11 Å². The fourth-order valence-corrected chi connectivity index (χ4v) is 3.38. The lowest BCUT2D eigenvalue weighted by molar-refractivity contribution is -0.145. The summed E-state index contributed by atoms with van der Waals surface area (Å²) in [6, 6.07) is 26.5. The van der Waals surface area contributed by atoms with Crippen molar-refractivity contribution in [2.45, 2.75) is 12.0 Å². The van der Waals surface area contributed by atoms with Gasteiger partial charge in [0.25, 0.3) is 5.91 Å². The highest BCUT2D eigenvalue weighted by atomic mass is 16.5. The van der Waals surface area contributed by atoms with Crippen molar-refractivity contribution in [2.75, 3.05) is 13.7 Å². The summed E-state index contributed by atoms with van der Waals surface area (Å²) < 4.78 is 4.99. The average molecular weight is 416 g/mol. The minimum atomic E-state index is -0.962. The standard InChI is InChI=1S/C25H24N2O4/c1-31-25(30)23(27-21(28)17-26-24(29)20-15-9-4-10-16-20)22(18-11-5-2-6-12-18)19-13-7-3-8-14-19/h2-16,22-23H,17H2,1H3,(H,26,29)(H,27,28)/t23-/m0/s1. The van der Waals surface area contributed by atoms with E-state index < -0.39 is 23.8 Å². The van der Waals surface area contributed by atoms with Gasteiger partial charge in [-0.25, -0.2) is 4.79 Å². The lowest BCUT2D eigenvalue weighted by atomic mass is 9.85. The van der Waals surface area contributed by atoms with Gasteiger partial charge in [-0.05, 0) is 23.3 Å². The smallest absolute Gasteiger partial charge is 0.329 e. The second kappa shape index (κ2) is 10.7. The van der Waals surface area contributed by atoms with Crippen LogP contribution < -0.4 is 10.6 Å². The Morgan fingerprint density at radius 2 is 1.26 bits per heavy atom. The van der Waals surface area contributed by atoms with Crippen LogP contribution in [0.2, 0.25) is 0 Å². The molecule has 0 aliphatic carbocycles. The summed E-state index contributed by atoms with van der Waals surface area (Å²) in [6.07, 6.45) is 0. The first-order chi connectivity index (χ1) is 15.1. The van der Waals surface area contributed by atoms with Crippen LogP contribution in [0.3, 0.4) is 0 Å². The summed E-state index contributed by atoms with van der Waals surface area (Å²) in [5, 5.41) is 5.32. The van der Waals surface area contributed by atoms with Gasteiger partial charge < -0.3 is 15.4 Å². The summed E-state index contributed by atoms with van der Waals surface area (Å²) in [5.74, 6) is -1.88. The summed E-state index contributed by atoms with van der Waals surface area (Å²) in [6.45, 7) is -0.266. The van der Waals surface area contributed by atoms with E-state index in [4.69, 9.17) is 4.74 Å². The number of carbonyl (C=O) groups excluding carboxylic acids is 3. The Morgan fingerprint density at radius 3 is 1.74 bits per heavy atom. The molecule has 2 N–H and O–H groups in total. The second-order valence-corrected chi connectivity index (χ2v) is 6.92. The first kappa shape index (κ1) is 21.8. The van der Waals surface area contributed by atoms with E-state index in [-0.39, 0.29) is 12.5 Å². The molecule has 0 saturated heterocycles. The van der Waals surface area contributed by atoms with Crippen molar-refractivity contribution in [3.63, 3.8) is 0 Å². The number of amides is 2. The Bertz CT molecular complexity index is 968. The molecule has 0 aliphatic rings. The van der Waals surface area contributed by atoms with Crippen LogP contribution in [-0.2, 0) is 14.3 Å². The van der Waals surface area contributed by atoms with Gasteiger partial charge in [-0.15, -0.1) is 0 Å². The molecule has 0 bridgehead atoms. The van der Waals surface area contributed by atoms with Crippen LogP contribution in [0.5, 0.6) is 0 Å². The number of nitrogens with one attached hydrogen (secondary N) is 2. The van der Waals surface area contributed by atoms with Crippen LogP contribution in [0.25, 0.3) is 0 Å². The Balaban J connectivity index is 1.80. The van der Waals surface area contributed by atoms with Crippen LogP contribution in [0, 0.1) is 0 Å². The largest absolute Gasteiger partial charge is 0.467 e. The van der Waals surface area contributed by atoms with Gasteiger partial charge in [0.05, 0.1) is 13.7 Å². The summed E-state index contributed by atoms with van der Waals surface area (Å²) in [4.78, 5) is 37.5. The number of methoxy groups -OCH3 is 1. The van der Waals surface area contributed by atoms with Gasteiger partial charge in [0, 0.05) is 11.5 Å². The molecule has 31 heavy (non-hydrogen) atoms. The molecule has 6 heteroatoms. The van der Waals surface area contributed by atoms with Crippen molar-refractivity contribution in [1.82, 2.24) is 10.6 Å². The first-order valence-electron chi connectivity index (χ1n) is 9.90. The third-order valence-electron chi connectivity index (χ3n) is 4.87. The van der Waals surface area contributed by atoms with Crippen molar-refractivity contribution in [3.8, 4) is 0 Å². The number of esters is 1. The van der Waals surface area contributed by atoms with Crippen LogP contribution >= 0.6 is 0 Å². The molecule has 1 atom stereocenters. The SMILES string of the molecule is COC(=O)[C@@H](NC(=O)CNC(=O)c1ccccc1)C(c1ccccc1)c1ccccc1. The van der Waals surface area contributed by atoms with Gasteiger partial charge in [0.15, 0.2) is 0 Å². The number of hydrogen-bond acceptors (Lipinski definition) is 4. The van der Waals surface area contributed by atoms with Crippen molar-refractivity contribution in [3.05, 3.63) is 108 Å². The van der Waals surface area contributed by atoms with E-state index in [0.29, 0.717) is 5.56 Å². The quantitative estimate of drug-likeness (QED) is 0.553. The molecule has 0 fully saturated rings. The molecule has 0 heterocycles. The van der Waals surface area contributed by atoms with Crippen LogP contribution in [0.4, 0.5) is 0 Å². The predicted molar refractivity (Wildman–Crippen MR) is 117 cm³/mol. The average Bonchev–Trinajstić information content (AvgIpc) is 2.83. The van der Waals surface area contributed by atoms with E-state index in [0.717, 1.165) is 11.1 Å². The monoisotopic (exact) mass is 416 g/mol. The maximum absolute atomic E-state index is 12.7. The normalized spacial score (nSPS) is 11.4. The van der Waals surface area contributed by atoms with Gasteiger partial charge in [-0.1, -0.05) is 78.9 Å². The highest BCUT2D eigenvalue weighted by molar-refractivity contribution is 5.97. The lowest BCUT2D eigenvalue weighted by Crippen LogP contribution is -2.49. The number of benzene rings is 3. The molecule has 3 rings (SSSR count). The van der Waals surface area contributed by atoms with Gasteiger partial charge >= 0.3 is 5.97 Å². The Labute approximate surface area is 181 Å². The van der Waals surface area contributed by atoms with E-state index in [1.54, 1.807) is 30.3 Å². The lowest BCUT2D eigenvalue weighted by Gasteiger charge is -2.27. The highest BCUT2D eigenvalue weighted by Gasteiger charge is 2.33. The molecule has 3 aromatic rings. The van der Waals surface area contributed by atoms with E-state index >= 15 is 0 Å². The molecular weight excluding hydrogens is 392 g/mol. The van der Waals surface area contributed by atoms with Gasteiger partial charge in [-0.2, -0.15) is 0 Å². The molecule has 0 aliphatic heterocycles. The minimum absolute atomic E-state index is 0.266. The number of carbonyl (C=O) groups is 3. The van der Waals surface area contributed by atoms with Crippen molar-refractivity contribution >= 4 is 17.8 Å². The van der Waals surface area contributed by atoms with Gasteiger partial charge in [0.1, 0.15) is 6.04 Å². The molecule has 0 spiro atoms. The molecule has 0 radical (unpaired) electrons. The molecule has 3 aromatic carbocycles. The van der Waals surface area contributed by atoms with E-state index in [2.05, 4.69) is 10.6 Å². The van der Waals surface area contributed by atoms with E-state index in [9.17, 15) is 14.4 Å². The molecule has 2 amide bonds. The maximum Gasteiger partial charge on any atom is 0.329 e. The van der Waals surface area contributed by atoms with Crippen LogP contribution in [0.15, 0.2) is 91.0 Å². The fraction of sp³-hybridized carbons (Fsp3) is 0.160. The van der Waals surface area contributed by atoms with Crippen molar-refractivity contribution in [1.29, 1.82) is 0 Å². The number of rotatable bonds is 8. The fourth-order valence-electron chi connectivity index (χ4n) is 3.38. The zero-order valence-electron chi connectivity index (χ0n) is 17.2. The number of hydrogen-bond donors (Lipinski definition) is 2. The first-order valence-corrected chi connectivity index (χ1v) is 9.90. The molecule has 0 aromatic heterocycles. The highest BCUT2D eigenvalue weighted by Crippen LogP contribution is 2.28. The van der Waals surface area contributed by atoms with Crippen LogP contribution in [0.1, 0.15) is 27.4 Å². The third-order valence-corrected chi connectivity index (χ3v) is 4.87. The third kappa shape index (κ3) is 5.79. The van der Waals surface area contributed by atoms with Crippen molar-refractivity contribution in [2.24, 2.45) is 0 Å². The topological polar surface area (TPSA) is 84.5 Å². The Kier molecular flexibility index (Phi) is 7.54. The summed E-state index contributed by atoms with van der Waals surface area (Å²) in [7, 11) is 1.28. The predicted octanol–water partition coefficient (Wildman–Crippen LogP) is 2.91.